The predicted octanol–water partition coefficient (Wildman–Crippen LogP) is 15.6. The molecule has 0 bridgehead atoms. The van der Waals surface area contributed by atoms with Gasteiger partial charge in [0.05, 0.1) is 0 Å². The van der Waals surface area contributed by atoms with Gasteiger partial charge in [-0.1, -0.05) is 0 Å². The Labute approximate surface area is 382 Å². The van der Waals surface area contributed by atoms with Crippen LogP contribution in [-0.4, -0.2) is 6.88 Å². The molecule has 8 aromatic carbocycles. The van der Waals surface area contributed by atoms with E-state index in [4.69, 9.17) is 0 Å². The number of hydrogen-bond donors (Lipinski definition) is 0. The number of fused-ring (bicyclic) bond motifs is 2. The van der Waals surface area contributed by atoms with Crippen molar-refractivity contribution in [3.63, 3.8) is 0 Å². The third-order valence-corrected chi connectivity index (χ3v) is 30.7. The van der Waals surface area contributed by atoms with E-state index in [0.717, 1.165) is 12.8 Å². The fourth-order valence-corrected chi connectivity index (χ4v) is 30.3. The van der Waals surface area contributed by atoms with E-state index in [0.29, 0.717) is 0 Å². The van der Waals surface area contributed by atoms with Crippen molar-refractivity contribution in [1.82, 2.24) is 0 Å². The second kappa shape index (κ2) is 18.0. The molecule has 0 spiro atoms. The van der Waals surface area contributed by atoms with Crippen LogP contribution in [0.3, 0.4) is 0 Å². The third-order valence-electron chi connectivity index (χ3n) is 13.3. The van der Waals surface area contributed by atoms with Gasteiger partial charge in [0.25, 0.3) is 0 Å². The fraction of sp³-hybridized carbons (Fsp3) is 0.103. The standard InChI is InChI=1S/2C28H21.2CH3.2ClH.H2Si.Zr/c2*1-4-10-21(11-5-1)18-22-19-27-25(23-12-6-2-7-13-23)16-17-26(28(27)20-22)24-14-8-3-9-15-24;;;;;;/h2*1-17,19-20H,18H2;2*1H3;2*1H;1H2;. The van der Waals surface area contributed by atoms with Crippen LogP contribution >= 0.6 is 24.8 Å². The van der Waals surface area contributed by atoms with Crippen LogP contribution in [0.25, 0.3) is 56.7 Å². The zero-order valence-electron chi connectivity index (χ0n) is 35.4. The molecule has 10 rings (SSSR count). The van der Waals surface area contributed by atoms with Gasteiger partial charge in [-0.2, -0.15) is 0 Å². The molecule has 0 heterocycles. The Morgan fingerprint density at radius 2 is 0.613 bits per heavy atom. The molecular formula is C58H52Cl2SiZr. The van der Waals surface area contributed by atoms with E-state index in [-0.39, 0.29) is 32.1 Å². The maximum absolute atomic E-state index is 4.34. The van der Waals surface area contributed by atoms with Crippen molar-refractivity contribution in [2.45, 2.75) is 29.4 Å². The van der Waals surface area contributed by atoms with Crippen LogP contribution in [0.1, 0.15) is 40.6 Å². The molecule has 0 saturated carbocycles. The van der Waals surface area contributed by atoms with Gasteiger partial charge >= 0.3 is 361 Å². The summed E-state index contributed by atoms with van der Waals surface area (Å²) in [6.45, 7) is 2.47. The number of hydrogen-bond acceptors (Lipinski definition) is 0. The zero-order valence-corrected chi connectivity index (χ0v) is 40.9. The normalized spacial score (nSPS) is 15.3. The molecule has 306 valence electrons. The van der Waals surface area contributed by atoms with Gasteiger partial charge in [0.2, 0.25) is 0 Å². The Bertz CT molecular complexity index is 2770. The van der Waals surface area contributed by atoms with Crippen LogP contribution in [-0.2, 0) is 30.2 Å². The van der Waals surface area contributed by atoms with Gasteiger partial charge < -0.3 is 0 Å². The van der Waals surface area contributed by atoms with Crippen molar-refractivity contribution in [3.05, 3.63) is 251 Å². The van der Waals surface area contributed by atoms with Crippen LogP contribution in [0.15, 0.2) is 217 Å². The van der Waals surface area contributed by atoms with Crippen LogP contribution in [0, 0.1) is 0 Å². The SMILES string of the molecule is Cl.Cl.[CH3][Zr]([CH3])(=[SiH2])([CH]1C(Cc2ccccc2)=Cc2c(-c3ccccc3)ccc(-c3ccccc3)c21)[CH]1C(Cc2ccccc2)=Cc2c(-c3ccccc3)ccc(-c3ccccc3)c21. The summed E-state index contributed by atoms with van der Waals surface area (Å²) >= 11 is -4.34. The van der Waals surface area contributed by atoms with Crippen LogP contribution in [0.5, 0.6) is 0 Å². The number of allylic oxidation sites excluding steroid dienone is 2. The topological polar surface area (TPSA) is 0 Å². The number of benzene rings is 8. The molecule has 62 heavy (non-hydrogen) atoms. The minimum atomic E-state index is -4.34. The maximum atomic E-state index is 2.82. The molecule has 4 heteroatoms. The van der Waals surface area contributed by atoms with Crippen molar-refractivity contribution in [2.75, 3.05) is 0 Å². The van der Waals surface area contributed by atoms with Crippen LogP contribution < -0.4 is 0 Å². The average molecular weight is 939 g/mol. The summed E-state index contributed by atoms with van der Waals surface area (Å²) in [7, 11) is 0. The number of rotatable bonds is 10. The first-order valence-corrected chi connectivity index (χ1v) is 35.1. The molecule has 8 aromatic rings. The van der Waals surface area contributed by atoms with E-state index < -0.39 is 17.4 Å². The Balaban J connectivity index is 0.00000264. The van der Waals surface area contributed by atoms with Crippen molar-refractivity contribution < 1.29 is 17.4 Å². The Kier molecular flexibility index (Phi) is 12.6. The van der Waals surface area contributed by atoms with E-state index in [2.05, 4.69) is 235 Å². The molecule has 0 amide bonds. The van der Waals surface area contributed by atoms with Crippen molar-refractivity contribution in [3.8, 4) is 44.5 Å². The van der Waals surface area contributed by atoms with Gasteiger partial charge in [-0.25, -0.2) is 0 Å². The molecule has 0 N–H and O–H groups in total. The fourth-order valence-electron chi connectivity index (χ4n) is 10.9. The van der Waals surface area contributed by atoms with Crippen LogP contribution in [0.4, 0.5) is 0 Å². The van der Waals surface area contributed by atoms with E-state index in [1.165, 1.54) is 77.9 Å². The molecular weight excluding hydrogens is 887 g/mol. The summed E-state index contributed by atoms with van der Waals surface area (Å²) in [5.74, 6) is 0. The summed E-state index contributed by atoms with van der Waals surface area (Å²) in [5, 5.41) is 0. The number of halogens is 2. The van der Waals surface area contributed by atoms with Gasteiger partial charge in [0.1, 0.15) is 0 Å². The molecule has 2 aliphatic rings. The second-order valence-electron chi connectivity index (χ2n) is 18.0. The van der Waals surface area contributed by atoms with Crippen LogP contribution in [0.2, 0.25) is 9.26 Å². The second-order valence-corrected chi connectivity index (χ2v) is 48.5. The summed E-state index contributed by atoms with van der Waals surface area (Å²) < 4.78 is 6.23. The first-order chi connectivity index (χ1) is 29.3. The summed E-state index contributed by atoms with van der Waals surface area (Å²) in [6, 6.07) is 76.7. The summed E-state index contributed by atoms with van der Waals surface area (Å²) in [6.07, 6.45) is 7.15. The first kappa shape index (κ1) is 43.6. The summed E-state index contributed by atoms with van der Waals surface area (Å²) in [4.78, 5) is 0. The van der Waals surface area contributed by atoms with Gasteiger partial charge in [-0.3, -0.25) is 0 Å². The zero-order chi connectivity index (χ0) is 40.7. The quantitative estimate of drug-likeness (QED) is 0.120. The van der Waals surface area contributed by atoms with Gasteiger partial charge in [0, 0.05) is 0 Å². The minimum absolute atomic E-state index is 0. The van der Waals surface area contributed by atoms with Crippen molar-refractivity contribution in [1.29, 1.82) is 0 Å². The monoisotopic (exact) mass is 936 g/mol. The van der Waals surface area contributed by atoms with Gasteiger partial charge in [0.15, 0.2) is 0 Å². The Hall–Kier alpha value is -5.08. The first-order valence-electron chi connectivity index (χ1n) is 21.4. The van der Waals surface area contributed by atoms with E-state index >= 15 is 0 Å². The molecule has 0 saturated heterocycles. The molecule has 2 aliphatic carbocycles. The summed E-state index contributed by atoms with van der Waals surface area (Å²) in [5.41, 5.74) is 22.3. The molecule has 0 aliphatic heterocycles. The van der Waals surface area contributed by atoms with E-state index in [1.54, 1.807) is 11.1 Å². The van der Waals surface area contributed by atoms with E-state index in [1.807, 2.05) is 0 Å². The Morgan fingerprint density at radius 1 is 0.355 bits per heavy atom. The van der Waals surface area contributed by atoms with E-state index in [9.17, 15) is 0 Å². The molecule has 0 fully saturated rings. The predicted molar refractivity (Wildman–Crippen MR) is 271 cm³/mol. The Morgan fingerprint density at radius 3 is 0.919 bits per heavy atom. The molecule has 0 nitrogen and oxygen atoms in total. The molecule has 0 radical (unpaired) electrons. The molecule has 0 aromatic heterocycles. The molecule has 2 atom stereocenters. The molecule has 2 unspecified atom stereocenters. The average Bonchev–Trinajstić information content (AvgIpc) is 3.88. The van der Waals surface area contributed by atoms with Crippen molar-refractivity contribution in [2.24, 2.45) is 0 Å². The van der Waals surface area contributed by atoms with Gasteiger partial charge in [-0.15, -0.1) is 24.8 Å². The third kappa shape index (κ3) is 8.04. The van der Waals surface area contributed by atoms with Crippen molar-refractivity contribution >= 4 is 43.8 Å². The van der Waals surface area contributed by atoms with Gasteiger partial charge in [-0.05, 0) is 0 Å².